The van der Waals surface area contributed by atoms with Gasteiger partial charge in [0.2, 0.25) is 5.91 Å². The molecular formula is C12H14N2O3. The summed E-state index contributed by atoms with van der Waals surface area (Å²) in [5, 5.41) is 11.7. The molecule has 0 aromatic heterocycles. The number of hydrogen-bond donors (Lipinski definition) is 2. The summed E-state index contributed by atoms with van der Waals surface area (Å²) in [5.41, 5.74) is 1.23. The van der Waals surface area contributed by atoms with Crippen LogP contribution < -0.4 is 10.2 Å². The van der Waals surface area contributed by atoms with Crippen molar-refractivity contribution in [1.82, 2.24) is 0 Å². The van der Waals surface area contributed by atoms with Gasteiger partial charge in [-0.05, 0) is 19.1 Å². The van der Waals surface area contributed by atoms with Crippen molar-refractivity contribution in [3.8, 4) is 0 Å². The molecular weight excluding hydrogens is 220 g/mol. The Labute approximate surface area is 99.0 Å². The fourth-order valence-electron chi connectivity index (χ4n) is 2.04. The van der Waals surface area contributed by atoms with Crippen molar-refractivity contribution in [2.24, 2.45) is 0 Å². The van der Waals surface area contributed by atoms with E-state index in [2.05, 4.69) is 5.32 Å². The van der Waals surface area contributed by atoms with Crippen molar-refractivity contribution < 1.29 is 14.7 Å². The van der Waals surface area contributed by atoms with Crippen LogP contribution in [0.25, 0.3) is 0 Å². The molecule has 0 saturated heterocycles. The molecule has 90 valence electrons. The summed E-state index contributed by atoms with van der Waals surface area (Å²) in [4.78, 5) is 24.8. The van der Waals surface area contributed by atoms with Crippen molar-refractivity contribution in [2.45, 2.75) is 19.4 Å². The molecule has 0 fully saturated rings. The maximum absolute atomic E-state index is 11.7. The highest BCUT2D eigenvalue weighted by Gasteiger charge is 2.28. The van der Waals surface area contributed by atoms with E-state index in [0.29, 0.717) is 11.4 Å². The second kappa shape index (κ2) is 4.55. The van der Waals surface area contributed by atoms with Crippen molar-refractivity contribution in [3.63, 3.8) is 0 Å². The van der Waals surface area contributed by atoms with E-state index < -0.39 is 12.5 Å². The maximum atomic E-state index is 11.7. The topological polar surface area (TPSA) is 69.6 Å². The first kappa shape index (κ1) is 11.6. The van der Waals surface area contributed by atoms with Gasteiger partial charge in [-0.1, -0.05) is 12.1 Å². The number of para-hydroxylation sites is 2. The predicted octanol–water partition coefficient (Wildman–Crippen LogP) is 0.743. The molecule has 1 aromatic carbocycles. The number of anilines is 2. The van der Waals surface area contributed by atoms with Crippen molar-refractivity contribution in [1.29, 1.82) is 0 Å². The number of fused-ring (bicyclic) bond motifs is 1. The van der Waals surface area contributed by atoms with Gasteiger partial charge in [0.25, 0.3) is 5.91 Å². The third kappa shape index (κ3) is 2.14. The minimum absolute atomic E-state index is 0.127. The minimum Gasteiger partial charge on any atom is -0.387 e. The van der Waals surface area contributed by atoms with E-state index in [9.17, 15) is 9.59 Å². The number of aliphatic hydroxyl groups is 1. The number of rotatable bonds is 1. The number of hydrogen-bond acceptors (Lipinski definition) is 3. The predicted molar refractivity (Wildman–Crippen MR) is 63.7 cm³/mol. The number of carbonyl (C=O) groups is 2. The molecule has 2 N–H and O–H groups in total. The summed E-state index contributed by atoms with van der Waals surface area (Å²) in [6.45, 7) is 1.22. The van der Waals surface area contributed by atoms with E-state index in [4.69, 9.17) is 5.11 Å². The number of carbonyl (C=O) groups excluding carboxylic acids is 2. The Morgan fingerprint density at radius 2 is 2.24 bits per heavy atom. The van der Waals surface area contributed by atoms with E-state index in [-0.39, 0.29) is 18.4 Å². The van der Waals surface area contributed by atoms with E-state index in [1.807, 2.05) is 0 Å². The molecule has 2 amide bonds. The fourth-order valence-corrected chi connectivity index (χ4v) is 2.04. The van der Waals surface area contributed by atoms with Crippen LogP contribution in [-0.2, 0) is 9.59 Å². The molecule has 1 aliphatic heterocycles. The highest BCUT2D eigenvalue weighted by molar-refractivity contribution is 6.04. The molecule has 17 heavy (non-hydrogen) atoms. The van der Waals surface area contributed by atoms with E-state index in [1.165, 1.54) is 4.90 Å². The molecule has 5 nitrogen and oxygen atoms in total. The molecule has 1 aromatic rings. The number of amides is 2. The summed E-state index contributed by atoms with van der Waals surface area (Å²) in [6.07, 6.45) is 0.223. The van der Waals surface area contributed by atoms with Crippen LogP contribution in [0.2, 0.25) is 0 Å². The second-order valence-corrected chi connectivity index (χ2v) is 4.04. The Morgan fingerprint density at radius 1 is 1.53 bits per heavy atom. The van der Waals surface area contributed by atoms with Gasteiger partial charge in [0.15, 0.2) is 0 Å². The molecule has 1 atom stereocenters. The molecule has 2 rings (SSSR count). The van der Waals surface area contributed by atoms with Crippen LogP contribution in [0.5, 0.6) is 0 Å². The SMILES string of the molecule is CC1CC(=O)Nc2ccccc2N1C(=O)CO. The van der Waals surface area contributed by atoms with E-state index in [1.54, 1.807) is 31.2 Å². The Hall–Kier alpha value is -1.88. The van der Waals surface area contributed by atoms with Gasteiger partial charge in [0.05, 0.1) is 11.4 Å². The van der Waals surface area contributed by atoms with Gasteiger partial charge in [-0.15, -0.1) is 0 Å². The van der Waals surface area contributed by atoms with Crippen LogP contribution in [0.1, 0.15) is 13.3 Å². The van der Waals surface area contributed by atoms with Gasteiger partial charge in [-0.25, -0.2) is 0 Å². The van der Waals surface area contributed by atoms with Gasteiger partial charge in [0.1, 0.15) is 6.61 Å². The van der Waals surface area contributed by atoms with Gasteiger partial charge < -0.3 is 15.3 Å². The van der Waals surface area contributed by atoms with Crippen LogP contribution in [0, 0.1) is 0 Å². The largest absolute Gasteiger partial charge is 0.387 e. The second-order valence-electron chi connectivity index (χ2n) is 4.04. The molecule has 0 bridgehead atoms. The average Bonchev–Trinajstić information content (AvgIpc) is 2.42. The Balaban J connectivity index is 2.49. The van der Waals surface area contributed by atoms with Gasteiger partial charge in [-0.2, -0.15) is 0 Å². The molecule has 0 aliphatic carbocycles. The Bertz CT molecular complexity index is 459. The summed E-state index contributed by atoms with van der Waals surface area (Å²) < 4.78 is 0. The monoisotopic (exact) mass is 234 g/mol. The van der Waals surface area contributed by atoms with E-state index in [0.717, 1.165) is 0 Å². The first-order valence-electron chi connectivity index (χ1n) is 5.45. The van der Waals surface area contributed by atoms with Crippen molar-refractivity contribution in [3.05, 3.63) is 24.3 Å². The zero-order chi connectivity index (χ0) is 12.4. The summed E-state index contributed by atoms with van der Waals surface area (Å²) in [7, 11) is 0. The lowest BCUT2D eigenvalue weighted by atomic mass is 10.1. The third-order valence-corrected chi connectivity index (χ3v) is 2.76. The smallest absolute Gasteiger partial charge is 0.253 e. The minimum atomic E-state index is -0.563. The van der Waals surface area contributed by atoms with Crippen molar-refractivity contribution in [2.75, 3.05) is 16.8 Å². The average molecular weight is 234 g/mol. The third-order valence-electron chi connectivity index (χ3n) is 2.76. The highest BCUT2D eigenvalue weighted by Crippen LogP contribution is 2.30. The molecule has 0 saturated carbocycles. The zero-order valence-corrected chi connectivity index (χ0v) is 9.51. The standard InChI is InChI=1S/C12H14N2O3/c1-8-6-11(16)13-9-4-2-3-5-10(9)14(8)12(17)7-15/h2-5,8,15H,6-7H2,1H3,(H,13,16). The quantitative estimate of drug-likeness (QED) is 0.753. The van der Waals surface area contributed by atoms with Crippen LogP contribution >= 0.6 is 0 Å². The van der Waals surface area contributed by atoms with Crippen LogP contribution in [0.4, 0.5) is 11.4 Å². The zero-order valence-electron chi connectivity index (χ0n) is 9.51. The number of benzene rings is 1. The van der Waals surface area contributed by atoms with Crippen LogP contribution in [0.15, 0.2) is 24.3 Å². The molecule has 0 radical (unpaired) electrons. The Morgan fingerprint density at radius 3 is 2.94 bits per heavy atom. The van der Waals surface area contributed by atoms with Crippen LogP contribution in [0.3, 0.4) is 0 Å². The summed E-state index contributed by atoms with van der Waals surface area (Å²) >= 11 is 0. The first-order chi connectivity index (χ1) is 8.13. The molecule has 1 unspecified atom stereocenters. The van der Waals surface area contributed by atoms with Crippen molar-refractivity contribution >= 4 is 23.2 Å². The van der Waals surface area contributed by atoms with E-state index >= 15 is 0 Å². The van der Waals surface area contributed by atoms with Gasteiger partial charge in [0, 0.05) is 12.5 Å². The molecule has 1 aliphatic rings. The maximum Gasteiger partial charge on any atom is 0.253 e. The number of nitrogens with zero attached hydrogens (tertiary/aromatic N) is 1. The fraction of sp³-hybridized carbons (Fsp3) is 0.333. The van der Waals surface area contributed by atoms with Gasteiger partial charge in [-0.3, -0.25) is 9.59 Å². The molecule has 0 spiro atoms. The summed E-state index contributed by atoms with van der Waals surface area (Å²) in [5.74, 6) is -0.528. The molecule has 1 heterocycles. The lowest BCUT2D eigenvalue weighted by molar-refractivity contribution is -0.121. The first-order valence-corrected chi connectivity index (χ1v) is 5.45. The normalized spacial score (nSPS) is 19.3. The number of nitrogens with one attached hydrogen (secondary N) is 1. The molecule has 5 heteroatoms. The van der Waals surface area contributed by atoms with Crippen LogP contribution in [-0.4, -0.2) is 29.6 Å². The Kier molecular flexibility index (Phi) is 3.10. The van der Waals surface area contributed by atoms with Gasteiger partial charge >= 0.3 is 0 Å². The number of aliphatic hydroxyl groups excluding tert-OH is 1. The highest BCUT2D eigenvalue weighted by atomic mass is 16.3. The lowest BCUT2D eigenvalue weighted by Gasteiger charge is -2.26. The lowest BCUT2D eigenvalue weighted by Crippen LogP contribution is -2.40. The summed E-state index contributed by atoms with van der Waals surface area (Å²) in [6, 6.07) is 6.81.